The molecule has 0 aliphatic heterocycles. The van der Waals surface area contributed by atoms with Crippen molar-refractivity contribution in [2.75, 3.05) is 7.11 Å². The summed E-state index contributed by atoms with van der Waals surface area (Å²) in [5.41, 5.74) is 5.65. The second-order valence-corrected chi connectivity index (χ2v) is 4.20. The van der Waals surface area contributed by atoms with E-state index in [2.05, 4.69) is 10.6 Å². The smallest absolute Gasteiger partial charge is 0.326 e. The molecule has 1 aromatic carbocycles. The standard InChI is InChI=1S/C13H17N3O5/c1-21-10-5-3-2-4-8(10)7-15-13(20)16-9(12(18)19)6-11(14)17/h2-5,9H,6-7H2,1H3,(H2,14,17)(H,18,19)(H2,15,16,20)/t9-/m1/s1. The van der Waals surface area contributed by atoms with E-state index < -0.39 is 30.4 Å². The molecular weight excluding hydrogens is 278 g/mol. The number of methoxy groups -OCH3 is 1. The molecule has 1 atom stereocenters. The Bertz CT molecular complexity index is 532. The third kappa shape index (κ3) is 5.39. The Balaban J connectivity index is 2.56. The first-order chi connectivity index (χ1) is 9.93. The summed E-state index contributed by atoms with van der Waals surface area (Å²) in [5, 5.41) is 13.5. The largest absolute Gasteiger partial charge is 0.496 e. The molecule has 0 radical (unpaired) electrons. The van der Waals surface area contributed by atoms with Crippen LogP contribution in [0.1, 0.15) is 12.0 Å². The number of carbonyl (C=O) groups is 3. The third-order valence-corrected chi connectivity index (χ3v) is 2.64. The number of benzene rings is 1. The fraction of sp³-hybridized carbons (Fsp3) is 0.308. The van der Waals surface area contributed by atoms with Gasteiger partial charge in [-0.25, -0.2) is 9.59 Å². The van der Waals surface area contributed by atoms with Gasteiger partial charge in [-0.1, -0.05) is 18.2 Å². The highest BCUT2D eigenvalue weighted by molar-refractivity contribution is 5.87. The van der Waals surface area contributed by atoms with Crippen molar-refractivity contribution in [3.63, 3.8) is 0 Å². The number of amides is 3. The van der Waals surface area contributed by atoms with Crippen LogP contribution in [0.4, 0.5) is 4.79 Å². The van der Waals surface area contributed by atoms with Crippen LogP contribution in [0.2, 0.25) is 0 Å². The first-order valence-corrected chi connectivity index (χ1v) is 6.11. The maximum absolute atomic E-state index is 11.6. The number of ether oxygens (including phenoxy) is 1. The minimum atomic E-state index is -1.36. The average molecular weight is 295 g/mol. The van der Waals surface area contributed by atoms with Crippen molar-refractivity contribution in [2.45, 2.75) is 19.0 Å². The van der Waals surface area contributed by atoms with Gasteiger partial charge in [0, 0.05) is 12.1 Å². The number of hydrogen-bond acceptors (Lipinski definition) is 4. The van der Waals surface area contributed by atoms with E-state index in [0.29, 0.717) is 5.75 Å². The van der Waals surface area contributed by atoms with Crippen LogP contribution in [0, 0.1) is 0 Å². The zero-order valence-corrected chi connectivity index (χ0v) is 11.5. The summed E-state index contributed by atoms with van der Waals surface area (Å²) in [6, 6.07) is 4.99. The number of nitrogens with two attached hydrogens (primary N) is 1. The molecule has 0 saturated carbocycles. The summed E-state index contributed by atoms with van der Waals surface area (Å²) in [6.45, 7) is 0.152. The van der Waals surface area contributed by atoms with Gasteiger partial charge >= 0.3 is 12.0 Å². The molecule has 0 aliphatic carbocycles. The summed E-state index contributed by atoms with van der Waals surface area (Å²) >= 11 is 0. The molecular formula is C13H17N3O5. The number of carboxylic acid groups (broad SMARTS) is 1. The SMILES string of the molecule is COc1ccccc1CNC(=O)N[C@H](CC(N)=O)C(=O)O. The van der Waals surface area contributed by atoms with Gasteiger partial charge in [-0.15, -0.1) is 0 Å². The van der Waals surface area contributed by atoms with Crippen LogP contribution < -0.4 is 21.1 Å². The Morgan fingerprint density at radius 2 is 2.00 bits per heavy atom. The number of carbonyl (C=O) groups excluding carboxylic acids is 2. The Morgan fingerprint density at radius 1 is 1.33 bits per heavy atom. The van der Waals surface area contributed by atoms with Crippen LogP contribution in [0.25, 0.3) is 0 Å². The molecule has 3 amide bonds. The highest BCUT2D eigenvalue weighted by atomic mass is 16.5. The van der Waals surface area contributed by atoms with Crippen molar-refractivity contribution in [3.05, 3.63) is 29.8 Å². The molecule has 8 heteroatoms. The monoisotopic (exact) mass is 295 g/mol. The molecule has 0 bridgehead atoms. The van der Waals surface area contributed by atoms with Crippen molar-refractivity contribution in [3.8, 4) is 5.75 Å². The number of primary amides is 1. The predicted octanol–water partition coefficient (Wildman–Crippen LogP) is -0.177. The molecule has 0 spiro atoms. The van der Waals surface area contributed by atoms with E-state index in [-0.39, 0.29) is 6.54 Å². The predicted molar refractivity (Wildman–Crippen MR) is 73.6 cm³/mol. The van der Waals surface area contributed by atoms with E-state index in [1.54, 1.807) is 24.3 Å². The zero-order chi connectivity index (χ0) is 15.8. The molecule has 1 aromatic rings. The Kier molecular flexibility index (Phi) is 5.99. The summed E-state index contributed by atoms with van der Waals surface area (Å²) in [4.78, 5) is 33.2. The zero-order valence-electron chi connectivity index (χ0n) is 11.5. The molecule has 0 fully saturated rings. The second kappa shape index (κ2) is 7.73. The van der Waals surface area contributed by atoms with Gasteiger partial charge in [0.2, 0.25) is 5.91 Å². The summed E-state index contributed by atoms with van der Waals surface area (Å²) < 4.78 is 5.12. The van der Waals surface area contributed by atoms with Crippen LogP contribution >= 0.6 is 0 Å². The lowest BCUT2D eigenvalue weighted by Gasteiger charge is -2.14. The number of para-hydroxylation sites is 1. The number of aliphatic carboxylic acids is 1. The Labute approximate surface area is 121 Å². The summed E-state index contributed by atoms with van der Waals surface area (Å²) in [5.74, 6) is -1.54. The van der Waals surface area contributed by atoms with E-state index in [4.69, 9.17) is 15.6 Å². The average Bonchev–Trinajstić information content (AvgIpc) is 2.44. The van der Waals surface area contributed by atoms with Crippen LogP contribution in [0.15, 0.2) is 24.3 Å². The maximum Gasteiger partial charge on any atom is 0.326 e. The first kappa shape index (κ1) is 16.3. The topological polar surface area (TPSA) is 131 Å². The molecule has 0 saturated heterocycles. The van der Waals surface area contributed by atoms with E-state index in [1.165, 1.54) is 7.11 Å². The molecule has 8 nitrogen and oxygen atoms in total. The van der Waals surface area contributed by atoms with Crippen LogP contribution in [-0.4, -0.2) is 36.2 Å². The molecule has 0 unspecified atom stereocenters. The van der Waals surface area contributed by atoms with E-state index in [9.17, 15) is 14.4 Å². The molecule has 0 aliphatic rings. The van der Waals surface area contributed by atoms with Gasteiger partial charge in [0.05, 0.1) is 13.5 Å². The van der Waals surface area contributed by atoms with Gasteiger partial charge in [0.1, 0.15) is 11.8 Å². The molecule has 114 valence electrons. The summed E-state index contributed by atoms with van der Waals surface area (Å²) in [7, 11) is 1.51. The van der Waals surface area contributed by atoms with Crippen LogP contribution in [-0.2, 0) is 16.1 Å². The minimum absolute atomic E-state index is 0.152. The van der Waals surface area contributed by atoms with Gasteiger partial charge in [-0.2, -0.15) is 0 Å². The van der Waals surface area contributed by atoms with E-state index in [0.717, 1.165) is 5.56 Å². The lowest BCUT2D eigenvalue weighted by atomic mass is 10.2. The van der Waals surface area contributed by atoms with Crippen molar-refractivity contribution in [2.24, 2.45) is 5.73 Å². The molecule has 21 heavy (non-hydrogen) atoms. The Morgan fingerprint density at radius 3 is 2.57 bits per heavy atom. The van der Waals surface area contributed by atoms with Gasteiger partial charge in [0.15, 0.2) is 0 Å². The first-order valence-electron chi connectivity index (χ1n) is 6.11. The normalized spacial score (nSPS) is 11.3. The van der Waals surface area contributed by atoms with Gasteiger partial charge < -0.3 is 26.2 Å². The number of nitrogens with one attached hydrogen (secondary N) is 2. The molecule has 0 aromatic heterocycles. The van der Waals surface area contributed by atoms with Gasteiger partial charge in [-0.05, 0) is 6.07 Å². The minimum Gasteiger partial charge on any atom is -0.496 e. The lowest BCUT2D eigenvalue weighted by molar-refractivity contribution is -0.140. The number of urea groups is 1. The molecule has 5 N–H and O–H groups in total. The fourth-order valence-corrected chi connectivity index (χ4v) is 1.64. The van der Waals surface area contributed by atoms with Gasteiger partial charge in [-0.3, -0.25) is 4.79 Å². The van der Waals surface area contributed by atoms with Crippen LogP contribution in [0.3, 0.4) is 0 Å². The second-order valence-electron chi connectivity index (χ2n) is 4.20. The van der Waals surface area contributed by atoms with Crippen molar-refractivity contribution in [1.82, 2.24) is 10.6 Å². The number of rotatable bonds is 7. The Hall–Kier alpha value is -2.77. The van der Waals surface area contributed by atoms with Crippen molar-refractivity contribution < 1.29 is 24.2 Å². The fourth-order valence-electron chi connectivity index (χ4n) is 1.64. The number of hydrogen-bond donors (Lipinski definition) is 4. The van der Waals surface area contributed by atoms with E-state index >= 15 is 0 Å². The number of carboxylic acids is 1. The summed E-state index contributed by atoms with van der Waals surface area (Å²) in [6.07, 6.45) is -0.475. The lowest BCUT2D eigenvalue weighted by Crippen LogP contribution is -2.47. The molecule has 1 rings (SSSR count). The highest BCUT2D eigenvalue weighted by Gasteiger charge is 2.21. The quantitative estimate of drug-likeness (QED) is 0.554. The van der Waals surface area contributed by atoms with E-state index in [1.807, 2.05) is 0 Å². The molecule has 0 heterocycles. The van der Waals surface area contributed by atoms with Crippen LogP contribution in [0.5, 0.6) is 5.75 Å². The maximum atomic E-state index is 11.6. The van der Waals surface area contributed by atoms with Crippen molar-refractivity contribution >= 4 is 17.9 Å². The van der Waals surface area contributed by atoms with Crippen molar-refractivity contribution in [1.29, 1.82) is 0 Å². The van der Waals surface area contributed by atoms with Gasteiger partial charge in [0.25, 0.3) is 0 Å². The highest BCUT2D eigenvalue weighted by Crippen LogP contribution is 2.16. The third-order valence-electron chi connectivity index (χ3n) is 2.64.